The Balaban J connectivity index is 1.70. The number of hydrogen-bond acceptors (Lipinski definition) is 4. The van der Waals surface area contributed by atoms with Gasteiger partial charge in [0, 0.05) is 25.0 Å². The van der Waals surface area contributed by atoms with Crippen molar-refractivity contribution >= 4 is 29.0 Å². The number of pyridine rings is 1. The number of halogens is 1. The molecule has 1 saturated heterocycles. The third-order valence-corrected chi connectivity index (χ3v) is 4.95. The maximum absolute atomic E-state index is 10.3. The number of hydrogen-bond donors (Lipinski definition) is 2. The van der Waals surface area contributed by atoms with Gasteiger partial charge in [0.15, 0.2) is 5.15 Å². The van der Waals surface area contributed by atoms with Crippen LogP contribution in [0.15, 0.2) is 24.4 Å². The maximum Gasteiger partial charge on any atom is 0.152 e. The molecule has 4 nitrogen and oxygen atoms in total. The Hall–Kier alpha value is -0.750. The van der Waals surface area contributed by atoms with E-state index in [0.29, 0.717) is 18.2 Å². The van der Waals surface area contributed by atoms with Crippen molar-refractivity contribution in [3.05, 3.63) is 35.2 Å². The highest BCUT2D eigenvalue weighted by Gasteiger charge is 2.31. The van der Waals surface area contributed by atoms with Gasteiger partial charge in [-0.1, -0.05) is 17.7 Å². The zero-order valence-electron chi connectivity index (χ0n) is 10.5. The van der Waals surface area contributed by atoms with Crippen molar-refractivity contribution in [2.45, 2.75) is 18.6 Å². The first-order valence-corrected chi connectivity index (χ1v) is 7.84. The molecule has 2 aromatic heterocycles. The minimum Gasteiger partial charge on any atom is -0.388 e. The molecule has 3 heterocycles. The van der Waals surface area contributed by atoms with Crippen LogP contribution in [0.1, 0.15) is 12.1 Å². The number of imidazole rings is 1. The summed E-state index contributed by atoms with van der Waals surface area (Å²) in [5, 5.41) is 14.1. The van der Waals surface area contributed by atoms with E-state index in [4.69, 9.17) is 11.6 Å². The molecule has 0 amide bonds. The van der Waals surface area contributed by atoms with Gasteiger partial charge < -0.3 is 14.8 Å². The van der Waals surface area contributed by atoms with Crippen LogP contribution in [0.3, 0.4) is 0 Å². The first kappa shape index (κ1) is 13.2. The molecule has 1 atom stereocenters. The van der Waals surface area contributed by atoms with Crippen LogP contribution in [-0.4, -0.2) is 38.1 Å². The van der Waals surface area contributed by atoms with Crippen molar-refractivity contribution < 1.29 is 5.11 Å². The zero-order chi connectivity index (χ0) is 13.3. The Morgan fingerprint density at radius 3 is 3.21 bits per heavy atom. The Kier molecular flexibility index (Phi) is 3.71. The Bertz CT molecular complexity index is 580. The quantitative estimate of drug-likeness (QED) is 0.905. The molecule has 0 saturated carbocycles. The fraction of sp³-hybridized carbons (Fsp3) is 0.462. The smallest absolute Gasteiger partial charge is 0.152 e. The predicted octanol–water partition coefficient (Wildman–Crippen LogP) is 1.95. The van der Waals surface area contributed by atoms with E-state index in [1.54, 1.807) is 11.8 Å². The molecule has 3 rings (SSSR count). The largest absolute Gasteiger partial charge is 0.388 e. The molecule has 1 aliphatic heterocycles. The second-order valence-corrected chi connectivity index (χ2v) is 6.37. The highest BCUT2D eigenvalue weighted by atomic mass is 35.5. The summed E-state index contributed by atoms with van der Waals surface area (Å²) in [6.07, 6.45) is 2.80. The summed E-state index contributed by atoms with van der Waals surface area (Å²) in [6, 6.07) is 5.82. The van der Waals surface area contributed by atoms with Crippen molar-refractivity contribution in [1.29, 1.82) is 0 Å². The molecule has 1 fully saturated rings. The fourth-order valence-corrected chi connectivity index (χ4v) is 3.86. The molecule has 0 aromatic carbocycles. The summed E-state index contributed by atoms with van der Waals surface area (Å²) in [4.78, 5) is 4.30. The highest BCUT2D eigenvalue weighted by Crippen LogP contribution is 2.27. The Labute approximate surface area is 121 Å². The molecule has 2 N–H and O–H groups in total. The number of aromatic nitrogens is 2. The van der Waals surface area contributed by atoms with E-state index in [2.05, 4.69) is 10.3 Å². The second-order valence-electron chi connectivity index (χ2n) is 4.91. The first-order chi connectivity index (χ1) is 9.18. The third-order valence-electron chi connectivity index (χ3n) is 3.41. The summed E-state index contributed by atoms with van der Waals surface area (Å²) in [7, 11) is 0. The van der Waals surface area contributed by atoms with Crippen LogP contribution < -0.4 is 5.32 Å². The van der Waals surface area contributed by atoms with Gasteiger partial charge in [0.25, 0.3) is 0 Å². The summed E-state index contributed by atoms with van der Waals surface area (Å²) in [5.41, 5.74) is 1.21. The van der Waals surface area contributed by atoms with Gasteiger partial charge >= 0.3 is 0 Å². The van der Waals surface area contributed by atoms with Gasteiger partial charge in [0.1, 0.15) is 5.65 Å². The van der Waals surface area contributed by atoms with E-state index >= 15 is 0 Å². The minimum atomic E-state index is -0.572. The van der Waals surface area contributed by atoms with Crippen molar-refractivity contribution in [3.63, 3.8) is 0 Å². The molecule has 1 aliphatic rings. The molecule has 0 bridgehead atoms. The van der Waals surface area contributed by atoms with Gasteiger partial charge in [0.2, 0.25) is 0 Å². The van der Waals surface area contributed by atoms with Crippen molar-refractivity contribution in [3.8, 4) is 0 Å². The van der Waals surface area contributed by atoms with Crippen LogP contribution in [0.2, 0.25) is 5.15 Å². The van der Waals surface area contributed by atoms with Crippen LogP contribution >= 0.6 is 23.4 Å². The van der Waals surface area contributed by atoms with Crippen LogP contribution in [0.5, 0.6) is 0 Å². The average Bonchev–Trinajstić information content (AvgIpc) is 2.95. The van der Waals surface area contributed by atoms with E-state index < -0.39 is 5.60 Å². The van der Waals surface area contributed by atoms with Crippen molar-refractivity contribution in [2.24, 2.45) is 0 Å². The Morgan fingerprint density at radius 2 is 2.42 bits per heavy atom. The van der Waals surface area contributed by atoms with Crippen LogP contribution in [0.4, 0.5) is 0 Å². The molecular weight excluding hydrogens is 282 g/mol. The lowest BCUT2D eigenvalue weighted by molar-refractivity contribution is 0.0673. The van der Waals surface area contributed by atoms with Gasteiger partial charge in [0.05, 0.1) is 11.3 Å². The highest BCUT2D eigenvalue weighted by molar-refractivity contribution is 7.99. The summed E-state index contributed by atoms with van der Waals surface area (Å²) in [6.45, 7) is 1.20. The SMILES string of the molecule is OC1(CNCc2c(Cl)nc3ccccn23)CCSC1. The summed E-state index contributed by atoms with van der Waals surface area (Å²) in [5.74, 6) is 1.84. The molecule has 2 aromatic rings. The van der Waals surface area contributed by atoms with Crippen LogP contribution in [-0.2, 0) is 6.54 Å². The number of fused-ring (bicyclic) bond motifs is 1. The zero-order valence-corrected chi connectivity index (χ0v) is 12.0. The Morgan fingerprint density at radius 1 is 1.53 bits per heavy atom. The average molecular weight is 298 g/mol. The molecule has 6 heteroatoms. The maximum atomic E-state index is 10.3. The minimum absolute atomic E-state index is 0.520. The normalized spacial score (nSPS) is 23.3. The molecular formula is C13H16ClN3OS. The van der Waals surface area contributed by atoms with Crippen LogP contribution in [0, 0.1) is 0 Å². The third kappa shape index (κ3) is 2.74. The molecule has 0 radical (unpaired) electrons. The van der Waals surface area contributed by atoms with Gasteiger partial charge in [-0.3, -0.25) is 0 Å². The number of aliphatic hydroxyl groups is 1. The topological polar surface area (TPSA) is 49.6 Å². The standard InChI is InChI=1S/C13H16ClN3OS/c14-12-10(17-5-2-1-3-11(17)16-12)7-15-8-13(18)4-6-19-9-13/h1-3,5,15,18H,4,6-9H2. The number of rotatable bonds is 4. The van der Waals surface area contributed by atoms with E-state index in [1.807, 2.05) is 28.8 Å². The van der Waals surface area contributed by atoms with Gasteiger partial charge in [-0.05, 0) is 24.3 Å². The summed E-state index contributed by atoms with van der Waals surface area (Å²) < 4.78 is 1.97. The number of thioether (sulfide) groups is 1. The van der Waals surface area contributed by atoms with Gasteiger partial charge in [-0.15, -0.1) is 0 Å². The van der Waals surface area contributed by atoms with Gasteiger partial charge in [-0.25, -0.2) is 4.98 Å². The lowest BCUT2D eigenvalue weighted by Gasteiger charge is -2.21. The second kappa shape index (κ2) is 5.32. The van der Waals surface area contributed by atoms with E-state index in [9.17, 15) is 5.11 Å². The van der Waals surface area contributed by atoms with E-state index in [0.717, 1.165) is 29.3 Å². The predicted molar refractivity (Wildman–Crippen MR) is 78.8 cm³/mol. The first-order valence-electron chi connectivity index (χ1n) is 6.30. The lowest BCUT2D eigenvalue weighted by atomic mass is 10.0. The van der Waals surface area contributed by atoms with E-state index in [1.165, 1.54) is 0 Å². The van der Waals surface area contributed by atoms with Gasteiger partial charge in [-0.2, -0.15) is 11.8 Å². The molecule has 1 unspecified atom stereocenters. The van der Waals surface area contributed by atoms with Crippen molar-refractivity contribution in [2.75, 3.05) is 18.1 Å². The molecule has 102 valence electrons. The number of nitrogens with zero attached hydrogens (tertiary/aromatic N) is 2. The number of nitrogens with one attached hydrogen (secondary N) is 1. The summed E-state index contributed by atoms with van der Waals surface area (Å²) >= 11 is 7.96. The monoisotopic (exact) mass is 297 g/mol. The van der Waals surface area contributed by atoms with Crippen LogP contribution in [0.25, 0.3) is 5.65 Å². The molecule has 0 aliphatic carbocycles. The lowest BCUT2D eigenvalue weighted by Crippen LogP contribution is -2.40. The fourth-order valence-electron chi connectivity index (χ4n) is 2.33. The molecule has 19 heavy (non-hydrogen) atoms. The molecule has 0 spiro atoms. The van der Waals surface area contributed by atoms with E-state index in [-0.39, 0.29) is 0 Å². The van der Waals surface area contributed by atoms with Crippen molar-refractivity contribution in [1.82, 2.24) is 14.7 Å².